The molecule has 0 radical (unpaired) electrons. The Morgan fingerprint density at radius 1 is 1.13 bits per heavy atom. The maximum Gasteiger partial charge on any atom is 0.573 e. The summed E-state index contributed by atoms with van der Waals surface area (Å²) in [5, 5.41) is 3.13. The van der Waals surface area contributed by atoms with Gasteiger partial charge in [0.2, 0.25) is 15.9 Å². The number of ether oxygens (including phenoxy) is 1. The van der Waals surface area contributed by atoms with E-state index in [1.54, 1.807) is 24.3 Å². The lowest BCUT2D eigenvalue weighted by Gasteiger charge is -2.31. The molecule has 2 aromatic rings. The van der Waals surface area contributed by atoms with Gasteiger partial charge in [-0.15, -0.1) is 13.2 Å². The normalized spacial score (nSPS) is 17.9. The van der Waals surface area contributed by atoms with Crippen molar-refractivity contribution >= 4 is 33.2 Å². The topological polar surface area (TPSA) is 75.7 Å². The third-order valence-electron chi connectivity index (χ3n) is 4.77. The minimum atomic E-state index is -4.80. The Bertz CT molecular complexity index is 1010. The first-order chi connectivity index (χ1) is 14.5. The largest absolute Gasteiger partial charge is 0.573 e. The maximum absolute atomic E-state index is 12.8. The Labute approximate surface area is 183 Å². The Balaban J connectivity index is 1.60. The van der Waals surface area contributed by atoms with Gasteiger partial charge in [-0.1, -0.05) is 23.7 Å². The van der Waals surface area contributed by atoms with Gasteiger partial charge in [-0.05, 0) is 54.8 Å². The lowest BCUT2D eigenvalue weighted by Crippen LogP contribution is -2.44. The number of alkyl halides is 3. The summed E-state index contributed by atoms with van der Waals surface area (Å²) in [6.45, 7) is 0.361. The second kappa shape index (κ2) is 9.46. The van der Waals surface area contributed by atoms with Crippen molar-refractivity contribution in [3.05, 3.63) is 59.1 Å². The molecule has 1 aliphatic heterocycles. The van der Waals surface area contributed by atoms with E-state index in [9.17, 15) is 26.4 Å². The van der Waals surface area contributed by atoms with Crippen LogP contribution in [0.1, 0.15) is 18.4 Å². The van der Waals surface area contributed by atoms with Crippen LogP contribution in [-0.4, -0.2) is 38.1 Å². The summed E-state index contributed by atoms with van der Waals surface area (Å²) in [5.74, 6) is -1.56. The summed E-state index contributed by atoms with van der Waals surface area (Å²) in [6.07, 6.45) is -3.77. The second-order valence-corrected chi connectivity index (χ2v) is 9.55. The van der Waals surface area contributed by atoms with E-state index in [1.807, 2.05) is 0 Å². The van der Waals surface area contributed by atoms with Crippen LogP contribution in [0.4, 0.5) is 18.9 Å². The van der Waals surface area contributed by atoms with E-state index in [2.05, 4.69) is 10.1 Å². The van der Waals surface area contributed by atoms with E-state index < -0.39 is 34.0 Å². The molecule has 1 saturated heterocycles. The van der Waals surface area contributed by atoms with Gasteiger partial charge >= 0.3 is 6.36 Å². The third kappa shape index (κ3) is 6.84. The highest BCUT2D eigenvalue weighted by atomic mass is 35.5. The van der Waals surface area contributed by atoms with E-state index in [-0.39, 0.29) is 12.3 Å². The molecular formula is C20H20ClF3N2O4S. The van der Waals surface area contributed by atoms with Crippen molar-refractivity contribution < 1.29 is 31.1 Å². The average molecular weight is 477 g/mol. The number of piperidine rings is 1. The first-order valence-corrected chi connectivity index (χ1v) is 11.4. The number of rotatable bonds is 6. The molecule has 0 spiro atoms. The zero-order valence-corrected chi connectivity index (χ0v) is 17.8. The number of benzene rings is 2. The fourth-order valence-electron chi connectivity index (χ4n) is 3.28. The summed E-state index contributed by atoms with van der Waals surface area (Å²) < 4.78 is 67.3. The fourth-order valence-corrected chi connectivity index (χ4v) is 5.01. The second-order valence-electron chi connectivity index (χ2n) is 7.14. The third-order valence-corrected chi connectivity index (χ3v) is 6.83. The van der Waals surface area contributed by atoms with Crippen molar-refractivity contribution in [2.75, 3.05) is 18.4 Å². The highest BCUT2D eigenvalue weighted by molar-refractivity contribution is 7.88. The molecule has 3 rings (SSSR count). The molecule has 11 heteroatoms. The van der Waals surface area contributed by atoms with Crippen LogP contribution < -0.4 is 10.1 Å². The monoisotopic (exact) mass is 476 g/mol. The molecule has 31 heavy (non-hydrogen) atoms. The molecule has 1 unspecified atom stereocenters. The van der Waals surface area contributed by atoms with Crippen molar-refractivity contribution in [3.8, 4) is 5.75 Å². The Morgan fingerprint density at radius 2 is 1.77 bits per heavy atom. The number of nitrogens with zero attached hydrogens (tertiary/aromatic N) is 1. The van der Waals surface area contributed by atoms with Gasteiger partial charge in [-0.2, -0.15) is 0 Å². The van der Waals surface area contributed by atoms with E-state index in [4.69, 9.17) is 11.6 Å². The van der Waals surface area contributed by atoms with Crippen LogP contribution in [0.2, 0.25) is 5.02 Å². The van der Waals surface area contributed by atoms with Gasteiger partial charge in [0.25, 0.3) is 0 Å². The summed E-state index contributed by atoms with van der Waals surface area (Å²) in [6, 6.07) is 11.3. The zero-order chi connectivity index (χ0) is 22.6. The summed E-state index contributed by atoms with van der Waals surface area (Å²) in [7, 11) is -3.62. The van der Waals surface area contributed by atoms with Gasteiger partial charge < -0.3 is 10.1 Å². The number of nitrogens with one attached hydrogen (secondary N) is 1. The van der Waals surface area contributed by atoms with E-state index >= 15 is 0 Å². The summed E-state index contributed by atoms with van der Waals surface area (Å²) >= 11 is 5.83. The minimum Gasteiger partial charge on any atom is -0.406 e. The highest BCUT2D eigenvalue weighted by Crippen LogP contribution is 2.26. The maximum atomic E-state index is 12.8. The molecule has 6 nitrogen and oxygen atoms in total. The molecule has 1 fully saturated rings. The molecule has 0 aliphatic carbocycles. The van der Waals surface area contributed by atoms with Gasteiger partial charge in [0, 0.05) is 23.8 Å². The molecule has 0 aromatic heterocycles. The van der Waals surface area contributed by atoms with E-state index in [1.165, 1.54) is 16.4 Å². The smallest absolute Gasteiger partial charge is 0.406 e. The van der Waals surface area contributed by atoms with Crippen LogP contribution in [0.15, 0.2) is 48.5 Å². The summed E-state index contributed by atoms with van der Waals surface area (Å²) in [4.78, 5) is 12.6. The SMILES string of the molecule is O=C(Nc1ccc(OC(F)(F)F)cc1)C1CCCN(S(=O)(=O)Cc2ccc(Cl)cc2)C1. The van der Waals surface area contributed by atoms with Crippen molar-refractivity contribution in [3.63, 3.8) is 0 Å². The molecule has 1 amide bonds. The number of carbonyl (C=O) groups is 1. The number of carbonyl (C=O) groups excluding carboxylic acids is 1. The summed E-state index contributed by atoms with van der Waals surface area (Å²) in [5.41, 5.74) is 0.887. The number of halogens is 4. The lowest BCUT2D eigenvalue weighted by atomic mass is 9.99. The van der Waals surface area contributed by atoms with E-state index in [0.29, 0.717) is 35.7 Å². The Hall–Kier alpha value is -2.30. The Morgan fingerprint density at radius 3 is 2.39 bits per heavy atom. The van der Waals surface area contributed by atoms with Crippen LogP contribution >= 0.6 is 11.6 Å². The molecule has 0 saturated carbocycles. The highest BCUT2D eigenvalue weighted by Gasteiger charge is 2.33. The predicted molar refractivity (Wildman–Crippen MR) is 110 cm³/mol. The molecule has 1 N–H and O–H groups in total. The van der Waals surface area contributed by atoms with Crippen molar-refractivity contribution in [2.45, 2.75) is 25.0 Å². The van der Waals surface area contributed by atoms with Crippen LogP contribution in [-0.2, 0) is 20.6 Å². The lowest BCUT2D eigenvalue weighted by molar-refractivity contribution is -0.274. The molecule has 1 aliphatic rings. The van der Waals surface area contributed by atoms with Crippen LogP contribution in [0.5, 0.6) is 5.75 Å². The molecule has 1 heterocycles. The van der Waals surface area contributed by atoms with Gasteiger partial charge in [0.05, 0.1) is 11.7 Å². The predicted octanol–water partition coefficient (Wildman–Crippen LogP) is 4.42. The number of anilines is 1. The van der Waals surface area contributed by atoms with Gasteiger partial charge in [-0.25, -0.2) is 12.7 Å². The molecule has 168 valence electrons. The van der Waals surface area contributed by atoms with Crippen molar-refractivity contribution in [2.24, 2.45) is 5.92 Å². The number of hydrogen-bond donors (Lipinski definition) is 1. The zero-order valence-electron chi connectivity index (χ0n) is 16.2. The standard InChI is InChI=1S/C20H20ClF3N2O4S/c21-16-5-3-14(4-6-16)13-31(28,29)26-11-1-2-15(12-26)19(27)25-17-7-9-18(10-8-17)30-20(22,23)24/h3-10,15H,1-2,11-13H2,(H,25,27). The molecular weight excluding hydrogens is 457 g/mol. The van der Waals surface area contributed by atoms with Crippen molar-refractivity contribution in [1.29, 1.82) is 0 Å². The molecule has 1 atom stereocenters. The quantitative estimate of drug-likeness (QED) is 0.669. The van der Waals surface area contributed by atoms with Crippen LogP contribution in [0.3, 0.4) is 0 Å². The first kappa shape index (κ1) is 23.4. The van der Waals surface area contributed by atoms with Crippen molar-refractivity contribution in [1.82, 2.24) is 4.31 Å². The average Bonchev–Trinajstić information content (AvgIpc) is 2.70. The number of hydrogen-bond acceptors (Lipinski definition) is 4. The fraction of sp³-hybridized carbons (Fsp3) is 0.350. The molecule has 2 aromatic carbocycles. The minimum absolute atomic E-state index is 0.0387. The molecule has 0 bridgehead atoms. The first-order valence-electron chi connectivity index (χ1n) is 9.41. The number of amides is 1. The van der Waals surface area contributed by atoms with Gasteiger partial charge in [-0.3, -0.25) is 4.79 Å². The number of sulfonamides is 1. The van der Waals surface area contributed by atoms with Gasteiger partial charge in [0.1, 0.15) is 5.75 Å². The van der Waals surface area contributed by atoms with Crippen LogP contribution in [0, 0.1) is 5.92 Å². The Kier molecular flexibility index (Phi) is 7.13. The van der Waals surface area contributed by atoms with Crippen LogP contribution in [0.25, 0.3) is 0 Å². The van der Waals surface area contributed by atoms with E-state index in [0.717, 1.165) is 12.1 Å². The van der Waals surface area contributed by atoms with Gasteiger partial charge in [0.15, 0.2) is 0 Å².